The molecule has 1 aromatic carbocycles. The highest BCUT2D eigenvalue weighted by Gasteiger charge is 2.22. The van der Waals surface area contributed by atoms with E-state index in [0.717, 1.165) is 25.7 Å². The molecule has 0 spiro atoms. The Morgan fingerprint density at radius 3 is 2.75 bits per heavy atom. The third kappa shape index (κ3) is 3.03. The van der Waals surface area contributed by atoms with Gasteiger partial charge in [-0.1, -0.05) is 61.6 Å². The van der Waals surface area contributed by atoms with Crippen molar-refractivity contribution in [1.82, 2.24) is 0 Å². The number of aryl methyl sites for hydroxylation is 1. The zero-order valence-electron chi connectivity index (χ0n) is 14.4. The maximum Gasteiger partial charge on any atom is 0.0559 e. The van der Waals surface area contributed by atoms with Gasteiger partial charge in [0.2, 0.25) is 0 Å². The Labute approximate surface area is 145 Å². The molecule has 0 bridgehead atoms. The fourth-order valence-electron chi connectivity index (χ4n) is 3.76. The number of anilines is 1. The van der Waals surface area contributed by atoms with Gasteiger partial charge in [-0.05, 0) is 60.9 Å². The van der Waals surface area contributed by atoms with Crippen molar-refractivity contribution in [2.45, 2.75) is 38.6 Å². The molecule has 2 unspecified atom stereocenters. The van der Waals surface area contributed by atoms with Gasteiger partial charge in [0.25, 0.3) is 0 Å². The van der Waals surface area contributed by atoms with Gasteiger partial charge in [-0.15, -0.1) is 0 Å². The molecule has 0 aromatic heterocycles. The summed E-state index contributed by atoms with van der Waals surface area (Å²) < 4.78 is 0. The fraction of sp³-hybridized carbons (Fsp3) is 0.304. The van der Waals surface area contributed by atoms with Crippen LogP contribution in [0.3, 0.4) is 0 Å². The molecule has 4 rings (SSSR count). The number of hydrogen-bond acceptors (Lipinski definition) is 1. The average Bonchev–Trinajstić information content (AvgIpc) is 2.64. The molecule has 1 heteroatoms. The van der Waals surface area contributed by atoms with Gasteiger partial charge in [0.05, 0.1) is 6.04 Å². The van der Waals surface area contributed by atoms with Crippen LogP contribution in [-0.2, 0) is 6.42 Å². The lowest BCUT2D eigenvalue weighted by Gasteiger charge is -2.35. The topological polar surface area (TPSA) is 3.24 Å². The number of benzene rings is 1. The highest BCUT2D eigenvalue weighted by molar-refractivity contribution is 5.65. The lowest BCUT2D eigenvalue weighted by atomic mass is 9.94. The Balaban J connectivity index is 1.72. The summed E-state index contributed by atoms with van der Waals surface area (Å²) in [5.41, 5.74) is 5.51. The van der Waals surface area contributed by atoms with Crippen LogP contribution < -0.4 is 4.90 Å². The molecule has 0 N–H and O–H groups in total. The van der Waals surface area contributed by atoms with Crippen LogP contribution in [-0.4, -0.2) is 6.04 Å². The summed E-state index contributed by atoms with van der Waals surface area (Å²) in [5.74, 6) is 0.645. The number of rotatable bonds is 3. The second-order valence-electron chi connectivity index (χ2n) is 7.01. The van der Waals surface area contributed by atoms with Crippen LogP contribution in [0.2, 0.25) is 0 Å². The monoisotopic (exact) mass is 315 g/mol. The largest absolute Gasteiger partial charge is 0.335 e. The molecule has 0 aliphatic heterocycles. The first-order valence-electron chi connectivity index (χ1n) is 9.11. The van der Waals surface area contributed by atoms with Gasteiger partial charge in [0.15, 0.2) is 0 Å². The van der Waals surface area contributed by atoms with E-state index < -0.39 is 0 Å². The summed E-state index contributed by atoms with van der Waals surface area (Å²) in [6.07, 6.45) is 25.0. The Morgan fingerprint density at radius 1 is 1.00 bits per heavy atom. The van der Waals surface area contributed by atoms with Gasteiger partial charge in [0.1, 0.15) is 0 Å². The zero-order chi connectivity index (χ0) is 16.4. The number of fused-ring (bicyclic) bond motifs is 1. The number of hydrogen-bond donors (Lipinski definition) is 0. The van der Waals surface area contributed by atoms with Gasteiger partial charge in [-0.2, -0.15) is 0 Å². The van der Waals surface area contributed by atoms with Crippen molar-refractivity contribution < 1.29 is 0 Å². The molecule has 1 nitrogen and oxygen atoms in total. The highest BCUT2D eigenvalue weighted by atomic mass is 15.2. The van der Waals surface area contributed by atoms with E-state index in [1.54, 1.807) is 0 Å². The molecule has 3 aliphatic carbocycles. The van der Waals surface area contributed by atoms with Gasteiger partial charge < -0.3 is 4.90 Å². The quantitative estimate of drug-likeness (QED) is 0.679. The maximum absolute atomic E-state index is 2.51. The van der Waals surface area contributed by atoms with Crippen LogP contribution in [0.15, 0.2) is 72.5 Å². The summed E-state index contributed by atoms with van der Waals surface area (Å²) >= 11 is 0. The van der Waals surface area contributed by atoms with E-state index in [1.165, 1.54) is 22.5 Å². The van der Waals surface area contributed by atoms with Crippen molar-refractivity contribution in [3.63, 3.8) is 0 Å². The predicted molar refractivity (Wildman–Crippen MR) is 104 cm³/mol. The molecular weight excluding hydrogens is 290 g/mol. The minimum Gasteiger partial charge on any atom is -0.335 e. The van der Waals surface area contributed by atoms with Crippen LogP contribution in [0.25, 0.3) is 6.08 Å². The molecule has 3 aliphatic rings. The number of allylic oxidation sites excluding steroid dienone is 6. The van der Waals surface area contributed by atoms with Crippen LogP contribution in [0.5, 0.6) is 0 Å². The summed E-state index contributed by atoms with van der Waals surface area (Å²) in [6.45, 7) is 2.28. The molecule has 0 radical (unpaired) electrons. The molecule has 0 saturated heterocycles. The normalized spacial score (nSPS) is 24.6. The van der Waals surface area contributed by atoms with Gasteiger partial charge in [-0.3, -0.25) is 0 Å². The Hall–Kier alpha value is -2.28. The summed E-state index contributed by atoms with van der Waals surface area (Å²) in [4.78, 5) is 2.51. The molecular formula is C23H25N. The molecule has 0 heterocycles. The zero-order valence-corrected chi connectivity index (χ0v) is 14.4. The van der Waals surface area contributed by atoms with Gasteiger partial charge in [0, 0.05) is 11.4 Å². The van der Waals surface area contributed by atoms with E-state index >= 15 is 0 Å². The molecule has 122 valence electrons. The first kappa shape index (κ1) is 15.3. The standard InChI is InChI=1S/C23H25N/c1-18-11-14-22(15-12-18)24(21-9-3-2-4-10-21)23-16-13-19-7-5-6-8-20(19)17-23/h2-5,7,9,11,13-18,21H,6,8,10,12H2,1H3. The second-order valence-corrected chi connectivity index (χ2v) is 7.01. The smallest absolute Gasteiger partial charge is 0.0559 e. The highest BCUT2D eigenvalue weighted by Crippen LogP contribution is 2.32. The molecule has 0 fully saturated rings. The minimum absolute atomic E-state index is 0.400. The van der Waals surface area contributed by atoms with E-state index in [9.17, 15) is 0 Å². The van der Waals surface area contributed by atoms with Crippen molar-refractivity contribution in [1.29, 1.82) is 0 Å². The summed E-state index contributed by atoms with van der Waals surface area (Å²) in [7, 11) is 0. The lowest BCUT2D eigenvalue weighted by Crippen LogP contribution is -2.33. The first-order chi connectivity index (χ1) is 11.8. The van der Waals surface area contributed by atoms with Crippen molar-refractivity contribution in [3.05, 3.63) is 83.6 Å². The van der Waals surface area contributed by atoms with Gasteiger partial charge >= 0.3 is 0 Å². The molecule has 24 heavy (non-hydrogen) atoms. The van der Waals surface area contributed by atoms with Crippen molar-refractivity contribution in [2.24, 2.45) is 5.92 Å². The Morgan fingerprint density at radius 2 is 1.96 bits per heavy atom. The first-order valence-corrected chi connectivity index (χ1v) is 9.11. The summed E-state index contributed by atoms with van der Waals surface area (Å²) in [5, 5.41) is 0. The lowest BCUT2D eigenvalue weighted by molar-refractivity contribution is 0.704. The van der Waals surface area contributed by atoms with Crippen LogP contribution in [0.1, 0.15) is 37.3 Å². The van der Waals surface area contributed by atoms with E-state index in [1.807, 2.05) is 0 Å². The van der Waals surface area contributed by atoms with Crippen LogP contribution in [0, 0.1) is 5.92 Å². The summed E-state index contributed by atoms with van der Waals surface area (Å²) in [6, 6.07) is 7.37. The minimum atomic E-state index is 0.400. The average molecular weight is 315 g/mol. The fourth-order valence-corrected chi connectivity index (χ4v) is 3.76. The molecule has 0 saturated carbocycles. The van der Waals surface area contributed by atoms with Crippen LogP contribution >= 0.6 is 0 Å². The van der Waals surface area contributed by atoms with E-state index in [-0.39, 0.29) is 0 Å². The third-order valence-corrected chi connectivity index (χ3v) is 5.14. The SMILES string of the molecule is CC1C=CC(N(c2ccc3c(c2)CCC=C3)C2C=CC=CC2)=CC1. The molecule has 2 atom stereocenters. The van der Waals surface area contributed by atoms with E-state index in [0.29, 0.717) is 12.0 Å². The Bertz CT molecular complexity index is 760. The molecule has 0 amide bonds. The third-order valence-electron chi connectivity index (χ3n) is 5.14. The van der Waals surface area contributed by atoms with E-state index in [4.69, 9.17) is 0 Å². The molecule has 1 aromatic rings. The second kappa shape index (κ2) is 6.68. The maximum atomic E-state index is 2.51. The van der Waals surface area contributed by atoms with Crippen LogP contribution in [0.4, 0.5) is 5.69 Å². The van der Waals surface area contributed by atoms with Gasteiger partial charge in [-0.25, -0.2) is 0 Å². The van der Waals surface area contributed by atoms with Crippen molar-refractivity contribution >= 4 is 11.8 Å². The predicted octanol–water partition coefficient (Wildman–Crippen LogP) is 5.82. The number of nitrogens with zero attached hydrogens (tertiary/aromatic N) is 1. The van der Waals surface area contributed by atoms with Crippen molar-refractivity contribution in [2.75, 3.05) is 4.90 Å². The van der Waals surface area contributed by atoms with Crippen molar-refractivity contribution in [3.8, 4) is 0 Å². The van der Waals surface area contributed by atoms with E-state index in [2.05, 4.69) is 84.7 Å². The Kier molecular flexibility index (Phi) is 4.25.